The molecule has 2 saturated carbocycles. The molecule has 0 radical (unpaired) electrons. The van der Waals surface area contributed by atoms with Crippen molar-refractivity contribution in [2.24, 2.45) is 17.9 Å². The minimum absolute atomic E-state index is 0.0530. The lowest BCUT2D eigenvalue weighted by atomic mass is 9.53. The highest BCUT2D eigenvalue weighted by Gasteiger charge is 2.64. The Balaban J connectivity index is 0.00000316. The fraction of sp³-hybridized carbons (Fsp3) is 0.415. The van der Waals surface area contributed by atoms with E-state index >= 15 is 0 Å². The fourth-order valence-electron chi connectivity index (χ4n) is 10.6. The minimum atomic E-state index is -3.51. The summed E-state index contributed by atoms with van der Waals surface area (Å²) in [5.41, 5.74) is 3.48. The van der Waals surface area contributed by atoms with E-state index in [1.54, 1.807) is 69.2 Å². The number of benzene rings is 3. The number of pyridine rings is 1. The topological polar surface area (TPSA) is 182 Å². The van der Waals surface area contributed by atoms with Gasteiger partial charge in [0.15, 0.2) is 0 Å². The zero-order chi connectivity index (χ0) is 51.3. The number of hydrogen-bond donors (Lipinski definition) is 2. The van der Waals surface area contributed by atoms with Crippen LogP contribution in [-0.2, 0) is 17.1 Å². The molecule has 4 fully saturated rings. The molecule has 19 heteroatoms. The molecule has 2 aliphatic carbocycles. The quantitative estimate of drug-likeness (QED) is 0.0989. The van der Waals surface area contributed by atoms with Gasteiger partial charge in [-0.15, -0.1) is 0 Å². The van der Waals surface area contributed by atoms with Crippen LogP contribution in [0.25, 0.3) is 22.0 Å². The van der Waals surface area contributed by atoms with Gasteiger partial charge in [0.05, 0.1) is 27.1 Å². The summed E-state index contributed by atoms with van der Waals surface area (Å²) >= 11 is 7.66. The van der Waals surface area contributed by atoms with Crippen LogP contribution in [0.2, 0.25) is 5.02 Å². The lowest BCUT2D eigenvalue weighted by molar-refractivity contribution is -0.124. The van der Waals surface area contributed by atoms with Gasteiger partial charge in [-0.25, -0.2) is 18.4 Å². The van der Waals surface area contributed by atoms with Crippen molar-refractivity contribution in [2.75, 3.05) is 60.4 Å². The Morgan fingerprint density at radius 1 is 0.931 bits per heavy atom. The van der Waals surface area contributed by atoms with E-state index in [4.69, 9.17) is 21.1 Å². The summed E-state index contributed by atoms with van der Waals surface area (Å²) in [6.45, 7) is 17.5. The molecular weight excluding hydrogens is 972 g/mol. The molecule has 72 heavy (non-hydrogen) atoms. The van der Waals surface area contributed by atoms with E-state index in [0.29, 0.717) is 80.4 Å². The lowest BCUT2D eigenvalue weighted by Gasteiger charge is -2.62. The third-order valence-electron chi connectivity index (χ3n) is 14.4. The Morgan fingerprint density at radius 2 is 1.64 bits per heavy atom. The number of piperazine rings is 1. The smallest absolute Gasteiger partial charge is 0.274 e. The van der Waals surface area contributed by atoms with Crippen LogP contribution >= 0.6 is 23.5 Å². The van der Waals surface area contributed by atoms with Crippen LogP contribution in [0.5, 0.6) is 17.2 Å². The largest absolute Gasteiger partial charge is 0.489 e. The number of aromatic nitrogens is 4. The molecule has 0 unspecified atom stereocenters. The third-order valence-corrected chi connectivity index (χ3v) is 18.8. The second-order valence-corrected chi connectivity index (χ2v) is 23.5. The van der Waals surface area contributed by atoms with Crippen LogP contribution in [0.1, 0.15) is 70.3 Å². The normalized spacial score (nSPS) is 19.6. The number of rotatable bonds is 14. The second kappa shape index (κ2) is 20.0. The fourth-order valence-corrected chi connectivity index (χ4v) is 13.6. The maximum Gasteiger partial charge on any atom is 0.274 e. The van der Waals surface area contributed by atoms with Gasteiger partial charge in [-0.05, 0) is 73.3 Å². The summed E-state index contributed by atoms with van der Waals surface area (Å²) < 4.78 is 45.5. The van der Waals surface area contributed by atoms with Crippen molar-refractivity contribution in [3.63, 3.8) is 0 Å². The number of halogens is 1. The number of carbonyl (C=O) groups is 1. The van der Waals surface area contributed by atoms with Gasteiger partial charge >= 0.3 is 0 Å². The summed E-state index contributed by atoms with van der Waals surface area (Å²) in [4.78, 5) is 45.6. The maximum absolute atomic E-state index is 13.3. The maximum atomic E-state index is 13.3. The van der Waals surface area contributed by atoms with Gasteiger partial charge < -0.3 is 28.8 Å². The first kappa shape index (κ1) is 50.7. The number of amides is 1. The van der Waals surface area contributed by atoms with E-state index in [1.807, 2.05) is 44.2 Å². The number of anilines is 3. The Hall–Kier alpha value is -6.26. The van der Waals surface area contributed by atoms with Gasteiger partial charge in [-0.3, -0.25) is 23.5 Å². The molecule has 3 aromatic heterocycles. The van der Waals surface area contributed by atoms with Crippen molar-refractivity contribution >= 4 is 67.7 Å². The molecule has 5 heterocycles. The first-order valence-electron chi connectivity index (χ1n) is 24.4. The number of nitriles is 1. The van der Waals surface area contributed by atoms with Crippen molar-refractivity contribution in [1.29, 1.82) is 5.26 Å². The van der Waals surface area contributed by atoms with E-state index in [1.165, 1.54) is 20.8 Å². The minimum Gasteiger partial charge on any atom is -0.489 e. The number of aryl methyl sites for hydroxylation is 1. The second-order valence-electron chi connectivity index (χ2n) is 19.9. The van der Waals surface area contributed by atoms with Crippen LogP contribution in [-0.4, -0.2) is 108 Å². The van der Waals surface area contributed by atoms with Gasteiger partial charge in [0.1, 0.15) is 34.9 Å². The Labute approximate surface area is 430 Å². The van der Waals surface area contributed by atoms with Crippen molar-refractivity contribution < 1.29 is 22.7 Å². The van der Waals surface area contributed by atoms with E-state index in [-0.39, 0.29) is 38.9 Å². The number of ether oxygens (including phenoxy) is 2. The van der Waals surface area contributed by atoms with Gasteiger partial charge in [0.25, 0.3) is 11.5 Å². The van der Waals surface area contributed by atoms with Crippen molar-refractivity contribution in [3.8, 4) is 34.4 Å². The molecule has 4 aliphatic rings. The van der Waals surface area contributed by atoms with E-state index in [0.717, 1.165) is 50.5 Å². The number of nitrogens with zero attached hydrogens (tertiary/aromatic N) is 8. The zero-order valence-electron chi connectivity index (χ0n) is 41.8. The lowest BCUT2D eigenvalue weighted by Crippen LogP contribution is -2.68. The predicted molar refractivity (Wildman–Crippen MR) is 286 cm³/mol. The number of nitrogens with one attached hydrogen (secondary N) is 2. The molecule has 2 N–H and O–H groups in total. The Morgan fingerprint density at radius 3 is 2.31 bits per heavy atom. The molecule has 0 spiro atoms. The van der Waals surface area contributed by atoms with Crippen LogP contribution in [0.15, 0.2) is 96.3 Å². The van der Waals surface area contributed by atoms with Gasteiger partial charge in [0, 0.05) is 135 Å². The average molecular weight is 1030 g/mol. The first-order valence-corrected chi connectivity index (χ1v) is 27.1. The molecule has 2 aliphatic heterocycles. The molecule has 2 saturated heterocycles. The highest BCUT2D eigenvalue weighted by Crippen LogP contribution is 2.60. The summed E-state index contributed by atoms with van der Waals surface area (Å²) in [5.74, 6) is 2.12. The third kappa shape index (κ3) is 9.59. The van der Waals surface area contributed by atoms with Crippen molar-refractivity contribution in [2.45, 2.75) is 77.0 Å². The number of sulfonamides is 1. The number of hydrogen-bond acceptors (Lipinski definition) is 13. The number of aromatic amines is 1. The highest BCUT2D eigenvalue weighted by atomic mass is 35.5. The van der Waals surface area contributed by atoms with Crippen LogP contribution in [0, 0.1) is 22.2 Å². The van der Waals surface area contributed by atoms with Crippen LogP contribution in [0.3, 0.4) is 0 Å². The molecule has 1 amide bonds. The first-order chi connectivity index (χ1) is 34.4. The van der Waals surface area contributed by atoms with Crippen LogP contribution < -0.4 is 33.9 Å². The predicted octanol–water partition coefficient (Wildman–Crippen LogP) is 8.87. The SMILES string of the molecule is CC.CN(c1ccc(Oc2cccc(N3CC(N4CCN(c5ncc(C(=O)NSC6C(C)(C)C(Oc7ccc(C#N)c(Cl)c7)C6(C)C)cn5)CC4)C3)c2)c(-c2cn(C)c(=O)c3[nH]ccc23)c1)S(=O)(=O)C1CC1. The van der Waals surface area contributed by atoms with Crippen molar-refractivity contribution in [1.82, 2.24) is 29.1 Å². The van der Waals surface area contributed by atoms with Crippen molar-refractivity contribution in [3.05, 3.63) is 118 Å². The number of fused-ring (bicyclic) bond motifs is 1. The summed E-state index contributed by atoms with van der Waals surface area (Å²) in [7, 11) is -0.219. The number of H-pyrrole nitrogens is 1. The summed E-state index contributed by atoms with van der Waals surface area (Å²) in [6, 6.07) is 22.8. The van der Waals surface area contributed by atoms with Gasteiger partial charge in [-0.1, -0.05) is 59.2 Å². The average Bonchev–Trinajstić information content (AvgIpc) is 4.12. The van der Waals surface area contributed by atoms with Gasteiger partial charge in [-0.2, -0.15) is 5.26 Å². The molecule has 10 rings (SSSR count). The molecule has 0 bridgehead atoms. The zero-order valence-corrected chi connectivity index (χ0v) is 44.2. The molecule has 16 nitrogen and oxygen atoms in total. The van der Waals surface area contributed by atoms with Gasteiger partial charge in [0.2, 0.25) is 16.0 Å². The van der Waals surface area contributed by atoms with E-state index in [9.17, 15) is 23.3 Å². The molecule has 0 atom stereocenters. The van der Waals surface area contributed by atoms with Crippen LogP contribution in [0.4, 0.5) is 17.3 Å². The standard InChI is InChI=1S/C51H55ClN10O6S2.C2H6/c1-50(2)47(68-37-12-10-31(25-53)42(52)24-37)51(3,4)48(50)69-57-45(63)32-26-55-49(56-27-32)61-20-18-60(19-21-61)35-28-62(29-35)34-8-7-9-36(22-34)67-43-15-11-33(59(6)70(65,66)38-13-14-38)23-40(43)41-30-58(5)46(64)44-39(41)16-17-54-44;1-2/h7-12,15-17,22-24,26-27,30,35,38,47-48,54H,13-14,18-21,28-29H2,1-6H3,(H,57,63);1-2H3. The molecule has 378 valence electrons. The van der Waals surface area contributed by atoms with E-state index in [2.05, 4.69) is 74.2 Å². The number of carbonyl (C=O) groups excluding carboxylic acids is 1. The molecule has 6 aromatic rings. The Bertz CT molecular complexity index is 3190. The molecular formula is C53H61ClN10O6S2. The summed E-state index contributed by atoms with van der Waals surface area (Å²) in [6.07, 6.45) is 7.84. The Kier molecular flexibility index (Phi) is 14.1. The molecule has 3 aromatic carbocycles. The highest BCUT2D eigenvalue weighted by molar-refractivity contribution is 7.98. The van der Waals surface area contributed by atoms with E-state index < -0.39 is 10.0 Å². The summed E-state index contributed by atoms with van der Waals surface area (Å²) in [5, 5.41) is 9.99. The monoisotopic (exact) mass is 1030 g/mol.